The Morgan fingerprint density at radius 1 is 0.613 bits per heavy atom. The molecule has 0 saturated carbocycles. The van der Waals surface area contributed by atoms with Crippen LogP contribution in [0, 0.1) is 0 Å². The van der Waals surface area contributed by atoms with E-state index in [-0.39, 0.29) is 23.9 Å². The third-order valence-corrected chi connectivity index (χ3v) is 11.5. The number of carbonyl (C=O) groups is 2. The van der Waals surface area contributed by atoms with E-state index in [0.717, 1.165) is 67.4 Å². The Morgan fingerprint density at radius 2 is 1.23 bits per heavy atom. The molecule has 10 rings (SSSR count). The molecular formula is C52H42N8O2. The highest BCUT2D eigenvalue weighted by Crippen LogP contribution is 2.33. The summed E-state index contributed by atoms with van der Waals surface area (Å²) < 4.78 is 1.60. The number of aromatic amines is 1. The van der Waals surface area contributed by atoms with E-state index >= 15 is 0 Å². The van der Waals surface area contributed by atoms with Gasteiger partial charge in [0.25, 0.3) is 0 Å². The van der Waals surface area contributed by atoms with Gasteiger partial charge in [0.15, 0.2) is 0 Å². The molecule has 0 radical (unpaired) electrons. The number of nitrogens with one attached hydrogen (secondary N) is 2. The second-order valence-corrected chi connectivity index (χ2v) is 15.6. The quantitative estimate of drug-likeness (QED) is 0.150. The van der Waals surface area contributed by atoms with Crippen LogP contribution in [-0.2, 0) is 4.79 Å². The second kappa shape index (κ2) is 16.2. The summed E-state index contributed by atoms with van der Waals surface area (Å²) in [7, 11) is 0. The molecule has 2 unspecified atom stereocenters. The van der Waals surface area contributed by atoms with Crippen molar-refractivity contribution in [3.63, 3.8) is 0 Å². The Hall–Kier alpha value is -7.98. The molecule has 6 aromatic carbocycles. The number of nitrogens with zero attached hydrogens (tertiary/aromatic N) is 6. The largest absolute Gasteiger partial charge is 0.361 e. The fourth-order valence-electron chi connectivity index (χ4n) is 8.23. The van der Waals surface area contributed by atoms with Gasteiger partial charge in [-0.15, -0.1) is 0 Å². The number of H-pyrrole nitrogens is 1. The number of aromatic nitrogens is 4. The monoisotopic (exact) mass is 810 g/mol. The molecule has 10 nitrogen and oxygen atoms in total. The van der Waals surface area contributed by atoms with Crippen LogP contribution in [0.5, 0.6) is 0 Å². The molecule has 0 bridgehead atoms. The Morgan fingerprint density at radius 3 is 1.92 bits per heavy atom. The lowest BCUT2D eigenvalue weighted by Gasteiger charge is -2.17. The molecule has 2 aromatic heterocycles. The van der Waals surface area contributed by atoms with Gasteiger partial charge in [0.05, 0.1) is 42.8 Å². The van der Waals surface area contributed by atoms with Gasteiger partial charge in [-0.3, -0.25) is 29.0 Å². The predicted molar refractivity (Wildman–Crippen MR) is 245 cm³/mol. The smallest absolute Gasteiger partial charge is 0.229 e. The summed E-state index contributed by atoms with van der Waals surface area (Å²) in [4.78, 5) is 50.3. The van der Waals surface area contributed by atoms with Crippen LogP contribution in [0.15, 0.2) is 180 Å². The Kier molecular flexibility index (Phi) is 10.0. The van der Waals surface area contributed by atoms with Crippen LogP contribution in [0.25, 0.3) is 56.4 Å². The van der Waals surface area contributed by atoms with Crippen LogP contribution < -0.4 is 5.32 Å². The number of carbonyl (C=O) groups excluding carboxylic acids is 2. The number of hydrogen-bond donors (Lipinski definition) is 2. The van der Waals surface area contributed by atoms with E-state index in [1.807, 2.05) is 85.1 Å². The molecule has 0 spiro atoms. The first kappa shape index (κ1) is 38.2. The summed E-state index contributed by atoms with van der Waals surface area (Å²) in [6.45, 7) is 4.25. The minimum absolute atomic E-state index is 0.0493. The third kappa shape index (κ3) is 7.54. The number of hydrogen-bond acceptors (Lipinski definition) is 7. The van der Waals surface area contributed by atoms with Crippen molar-refractivity contribution < 1.29 is 9.59 Å². The summed E-state index contributed by atoms with van der Waals surface area (Å²) >= 11 is 0. The highest BCUT2D eigenvalue weighted by molar-refractivity contribution is 6.08. The molecule has 0 aliphatic carbocycles. The van der Waals surface area contributed by atoms with Crippen molar-refractivity contribution in [1.29, 1.82) is 0 Å². The maximum Gasteiger partial charge on any atom is 0.229 e. The summed E-state index contributed by atoms with van der Waals surface area (Å²) in [5.41, 5.74) is 11.6. The fraction of sp³-hybridized carbons (Fsp3) is 0.115. The average molecular weight is 811 g/mol. The van der Waals surface area contributed by atoms with Gasteiger partial charge in [0.2, 0.25) is 11.8 Å². The van der Waals surface area contributed by atoms with Gasteiger partial charge in [-0.1, -0.05) is 146 Å². The highest BCUT2D eigenvalue weighted by Gasteiger charge is 2.30. The van der Waals surface area contributed by atoms with E-state index in [9.17, 15) is 9.59 Å². The lowest BCUT2D eigenvalue weighted by Crippen LogP contribution is -2.33. The standard InChI is InChI=1S/C52H42N8O2/c1-33(61)59-31-47(57-51(59)39-13-7-4-8-14-39)43-17-10-18-44(28-43)48-32-60(34(2)62)52(58-48)40-25-21-36(22-26-40)35-19-23-38(24-20-35)50-54-30-46(56-50)42-16-9-15-41(27-42)45-29-53-49(55-45)37-11-5-3-6-12-37/h3-28,30,32,45,47H,29,31H2,1-2H3,(H,53,55)(H,54,56). The number of aliphatic imine (C=N–C) groups is 2. The topological polar surface area (TPSA) is 121 Å². The molecule has 2 aliphatic rings. The molecular weight excluding hydrogens is 769 g/mol. The third-order valence-electron chi connectivity index (χ3n) is 11.5. The van der Waals surface area contributed by atoms with Gasteiger partial charge in [0.1, 0.15) is 23.3 Å². The van der Waals surface area contributed by atoms with Crippen molar-refractivity contribution in [2.45, 2.75) is 25.9 Å². The normalized spacial score (nSPS) is 15.9. The van der Waals surface area contributed by atoms with Crippen LogP contribution in [0.3, 0.4) is 0 Å². The minimum atomic E-state index is -0.227. The van der Waals surface area contributed by atoms with Crippen molar-refractivity contribution in [2.75, 3.05) is 13.1 Å². The van der Waals surface area contributed by atoms with E-state index in [1.54, 1.807) is 29.5 Å². The summed E-state index contributed by atoms with van der Waals surface area (Å²) in [5, 5.41) is 3.59. The van der Waals surface area contributed by atoms with Gasteiger partial charge >= 0.3 is 0 Å². The van der Waals surface area contributed by atoms with E-state index in [2.05, 4.69) is 89.2 Å². The highest BCUT2D eigenvalue weighted by atomic mass is 16.2. The summed E-state index contributed by atoms with van der Waals surface area (Å²) in [6.07, 6.45) is 3.68. The Bertz CT molecular complexity index is 3000. The summed E-state index contributed by atoms with van der Waals surface area (Å²) in [6, 6.07) is 52.9. The molecule has 4 heterocycles. The van der Waals surface area contributed by atoms with E-state index < -0.39 is 0 Å². The van der Waals surface area contributed by atoms with E-state index in [1.165, 1.54) is 5.56 Å². The lowest BCUT2D eigenvalue weighted by atomic mass is 10.0. The van der Waals surface area contributed by atoms with Gasteiger partial charge in [0, 0.05) is 47.9 Å². The molecule has 2 N–H and O–H groups in total. The zero-order chi connectivity index (χ0) is 42.2. The maximum atomic E-state index is 12.9. The van der Waals surface area contributed by atoms with Gasteiger partial charge in [-0.25, -0.2) is 9.97 Å². The molecule has 0 fully saturated rings. The molecule has 1 amide bonds. The average Bonchev–Trinajstić information content (AvgIpc) is 4.17. The lowest BCUT2D eigenvalue weighted by molar-refractivity contribution is -0.124. The van der Waals surface area contributed by atoms with Crippen LogP contribution >= 0.6 is 0 Å². The molecule has 0 saturated heterocycles. The molecule has 8 aromatic rings. The first-order chi connectivity index (χ1) is 30.3. The first-order valence-electron chi connectivity index (χ1n) is 20.7. The van der Waals surface area contributed by atoms with Crippen LogP contribution in [0.1, 0.15) is 53.0 Å². The summed E-state index contributed by atoms with van der Waals surface area (Å²) in [5.74, 6) is 2.78. The fourth-order valence-corrected chi connectivity index (χ4v) is 8.23. The van der Waals surface area contributed by atoms with Crippen LogP contribution in [0.2, 0.25) is 0 Å². The molecule has 62 heavy (non-hydrogen) atoms. The predicted octanol–water partition coefficient (Wildman–Crippen LogP) is 10.0. The molecule has 2 atom stereocenters. The molecule has 302 valence electrons. The van der Waals surface area contributed by atoms with Crippen LogP contribution in [-0.4, -0.2) is 61.0 Å². The van der Waals surface area contributed by atoms with Gasteiger partial charge in [-0.2, -0.15) is 0 Å². The second-order valence-electron chi connectivity index (χ2n) is 15.6. The zero-order valence-corrected chi connectivity index (χ0v) is 34.2. The molecule has 10 heteroatoms. The first-order valence-corrected chi connectivity index (χ1v) is 20.7. The van der Waals surface area contributed by atoms with Crippen molar-refractivity contribution in [2.24, 2.45) is 9.98 Å². The Balaban J connectivity index is 0.838. The zero-order valence-electron chi connectivity index (χ0n) is 34.2. The number of imidazole rings is 2. The minimum Gasteiger partial charge on any atom is -0.361 e. The van der Waals surface area contributed by atoms with Crippen molar-refractivity contribution in [3.05, 3.63) is 192 Å². The number of amides is 1. The van der Waals surface area contributed by atoms with Gasteiger partial charge < -0.3 is 10.3 Å². The molecule has 2 aliphatic heterocycles. The number of rotatable bonds is 9. The van der Waals surface area contributed by atoms with Gasteiger partial charge in [-0.05, 0) is 39.9 Å². The van der Waals surface area contributed by atoms with Crippen molar-refractivity contribution in [1.82, 2.24) is 29.7 Å². The van der Waals surface area contributed by atoms with E-state index in [0.29, 0.717) is 30.4 Å². The number of benzene rings is 6. The van der Waals surface area contributed by atoms with Crippen molar-refractivity contribution in [3.8, 4) is 56.4 Å². The van der Waals surface area contributed by atoms with Crippen LogP contribution in [0.4, 0.5) is 0 Å². The Labute approximate surface area is 359 Å². The maximum absolute atomic E-state index is 12.9. The number of amidine groups is 2. The SMILES string of the molecule is CC(=O)N1CC(c2cccc(-c3cn(C(C)=O)c(-c4ccc(-c5ccc(-c6ncc(-c7cccc(C8CN=C(c9ccccc9)N8)c7)[nH]6)cc5)cc4)n3)c2)N=C1c1ccccc1. The van der Waals surface area contributed by atoms with E-state index in [4.69, 9.17) is 20.0 Å². The van der Waals surface area contributed by atoms with Crippen molar-refractivity contribution >= 4 is 23.5 Å².